The van der Waals surface area contributed by atoms with Crippen molar-refractivity contribution in [2.45, 2.75) is 63.5 Å². The number of halogens is 2. The number of nitrogens with one attached hydrogen (secondary N) is 1. The summed E-state index contributed by atoms with van der Waals surface area (Å²) in [6.45, 7) is 5.56. The van der Waals surface area contributed by atoms with Crippen LogP contribution in [0.4, 0.5) is 4.39 Å². The zero-order valence-electron chi connectivity index (χ0n) is 25.2. The molecule has 8 rings (SSSR count). The van der Waals surface area contributed by atoms with E-state index in [2.05, 4.69) is 30.2 Å². The Bertz CT molecular complexity index is 1980. The molecule has 5 aromatic rings. The van der Waals surface area contributed by atoms with Crippen molar-refractivity contribution in [3.05, 3.63) is 87.0 Å². The number of aromatic nitrogens is 5. The number of aromatic amines is 1. The molecule has 2 fully saturated rings. The first kappa shape index (κ1) is 29.2. The van der Waals surface area contributed by atoms with E-state index in [9.17, 15) is 9.18 Å². The van der Waals surface area contributed by atoms with E-state index in [0.29, 0.717) is 46.6 Å². The van der Waals surface area contributed by atoms with Gasteiger partial charge < -0.3 is 18.8 Å². The van der Waals surface area contributed by atoms with E-state index in [1.807, 2.05) is 18.2 Å². The fourth-order valence-electron chi connectivity index (χ4n) is 6.89. The van der Waals surface area contributed by atoms with Crippen LogP contribution in [0.1, 0.15) is 55.5 Å². The van der Waals surface area contributed by atoms with Crippen LogP contribution >= 0.6 is 11.6 Å². The second kappa shape index (κ2) is 11.5. The van der Waals surface area contributed by atoms with Gasteiger partial charge in [0, 0.05) is 35.9 Å². The summed E-state index contributed by atoms with van der Waals surface area (Å²) >= 11 is 5.99. The molecular formula is C33H32ClFN6O5. The van der Waals surface area contributed by atoms with Crippen LogP contribution in [0.2, 0.25) is 5.02 Å². The first-order valence-corrected chi connectivity index (χ1v) is 15.9. The topological polar surface area (TPSA) is 121 Å². The Morgan fingerprint density at radius 1 is 1.13 bits per heavy atom. The molecule has 0 radical (unpaired) electrons. The predicted octanol–water partition coefficient (Wildman–Crippen LogP) is 5.77. The molecule has 13 heteroatoms. The van der Waals surface area contributed by atoms with Gasteiger partial charge in [-0.2, -0.15) is 0 Å². The molecule has 3 aromatic heterocycles. The third kappa shape index (κ3) is 5.33. The van der Waals surface area contributed by atoms with E-state index in [0.717, 1.165) is 67.9 Å². The molecule has 1 N–H and O–H groups in total. The number of ether oxygens (including phenoxy) is 3. The van der Waals surface area contributed by atoms with Gasteiger partial charge >= 0.3 is 5.76 Å². The third-order valence-corrected chi connectivity index (χ3v) is 9.45. The van der Waals surface area contributed by atoms with Crippen LogP contribution in [-0.4, -0.2) is 55.4 Å². The molecule has 0 spiro atoms. The van der Waals surface area contributed by atoms with Crippen molar-refractivity contribution >= 4 is 22.8 Å². The molecular weight excluding hydrogens is 615 g/mol. The Balaban J connectivity index is 1.01. The molecule has 2 atom stereocenters. The fraction of sp³-hybridized carbons (Fsp3) is 0.394. The number of piperidine rings is 1. The van der Waals surface area contributed by atoms with E-state index >= 15 is 0 Å². The number of hydrogen-bond donors (Lipinski definition) is 1. The largest absolute Gasteiger partial charge is 0.444 e. The molecule has 1 unspecified atom stereocenters. The summed E-state index contributed by atoms with van der Waals surface area (Å²) in [5, 5.41) is 4.12. The number of imidazole rings is 1. The highest BCUT2D eigenvalue weighted by Crippen LogP contribution is 2.50. The van der Waals surface area contributed by atoms with Gasteiger partial charge in [0.1, 0.15) is 17.2 Å². The van der Waals surface area contributed by atoms with Gasteiger partial charge in [-0.25, -0.2) is 19.2 Å². The summed E-state index contributed by atoms with van der Waals surface area (Å²) in [4.78, 5) is 26.2. The van der Waals surface area contributed by atoms with Crippen LogP contribution in [0.5, 0.6) is 11.5 Å². The highest BCUT2D eigenvalue weighted by atomic mass is 35.5. The van der Waals surface area contributed by atoms with Gasteiger partial charge in [-0.05, 0) is 75.0 Å². The quantitative estimate of drug-likeness (QED) is 0.235. The fourth-order valence-corrected chi connectivity index (χ4v) is 7.04. The van der Waals surface area contributed by atoms with E-state index in [-0.39, 0.29) is 12.0 Å². The van der Waals surface area contributed by atoms with E-state index in [4.69, 9.17) is 35.8 Å². The van der Waals surface area contributed by atoms with E-state index in [1.165, 1.54) is 6.07 Å². The summed E-state index contributed by atoms with van der Waals surface area (Å²) in [6.07, 6.45) is 5.67. The maximum atomic E-state index is 14.9. The summed E-state index contributed by atoms with van der Waals surface area (Å²) in [5.41, 5.74) is 3.50. The lowest BCUT2D eigenvalue weighted by Crippen LogP contribution is -2.34. The monoisotopic (exact) mass is 646 g/mol. The first-order valence-electron chi connectivity index (χ1n) is 15.5. The predicted molar refractivity (Wildman–Crippen MR) is 166 cm³/mol. The number of benzene rings is 2. The SMILES string of the molecule is CC1(c2ccc(Cl)cc2F)Oc2cccc(C3CCN(Cc4nc5cc(-c6noc(=O)[nH]6)cnc5n4C[C@@H]4CCCO4)CC3)c2O1. The summed E-state index contributed by atoms with van der Waals surface area (Å²) in [6, 6.07) is 12.3. The zero-order chi connectivity index (χ0) is 31.4. The van der Waals surface area contributed by atoms with Gasteiger partial charge in [-0.1, -0.05) is 28.9 Å². The maximum Gasteiger partial charge on any atom is 0.439 e. The average molecular weight is 647 g/mol. The molecule has 3 aliphatic heterocycles. The van der Waals surface area contributed by atoms with Crippen LogP contribution in [0, 0.1) is 5.82 Å². The number of likely N-dealkylation sites (tertiary alicyclic amines) is 1. The van der Waals surface area contributed by atoms with Crippen molar-refractivity contribution in [2.24, 2.45) is 0 Å². The lowest BCUT2D eigenvalue weighted by molar-refractivity contribution is -0.0712. The Morgan fingerprint density at radius 2 is 2.00 bits per heavy atom. The minimum absolute atomic E-state index is 0.115. The Morgan fingerprint density at radius 3 is 2.76 bits per heavy atom. The van der Waals surface area contributed by atoms with Gasteiger partial charge in [0.2, 0.25) is 0 Å². The van der Waals surface area contributed by atoms with Crippen LogP contribution in [-0.2, 0) is 23.6 Å². The van der Waals surface area contributed by atoms with Crippen LogP contribution in [0.25, 0.3) is 22.6 Å². The number of hydrogen-bond acceptors (Lipinski definition) is 9. The smallest absolute Gasteiger partial charge is 0.439 e. The first-order chi connectivity index (χ1) is 22.3. The van der Waals surface area contributed by atoms with Crippen molar-refractivity contribution in [3.8, 4) is 22.9 Å². The molecule has 46 heavy (non-hydrogen) atoms. The zero-order valence-corrected chi connectivity index (χ0v) is 25.9. The highest BCUT2D eigenvalue weighted by Gasteiger charge is 2.43. The van der Waals surface area contributed by atoms with Crippen LogP contribution in [0.15, 0.2) is 58.0 Å². The number of para-hydroxylation sites is 1. The minimum atomic E-state index is -1.28. The maximum absolute atomic E-state index is 14.9. The summed E-state index contributed by atoms with van der Waals surface area (Å²) < 4.78 is 40.3. The van der Waals surface area contributed by atoms with Gasteiger partial charge in [0.15, 0.2) is 23.0 Å². The number of nitrogens with zero attached hydrogens (tertiary/aromatic N) is 5. The third-order valence-electron chi connectivity index (χ3n) is 9.21. The molecule has 11 nitrogen and oxygen atoms in total. The average Bonchev–Trinajstić information content (AvgIpc) is 3.84. The second-order valence-corrected chi connectivity index (χ2v) is 12.7. The molecule has 0 aliphatic carbocycles. The molecule has 2 aromatic carbocycles. The lowest BCUT2D eigenvalue weighted by Gasteiger charge is -2.32. The number of fused-ring (bicyclic) bond motifs is 2. The van der Waals surface area contributed by atoms with Gasteiger partial charge in [0.05, 0.1) is 24.8 Å². The molecule has 0 bridgehead atoms. The van der Waals surface area contributed by atoms with Crippen molar-refractivity contribution in [3.63, 3.8) is 0 Å². The number of rotatable bonds is 7. The standard InChI is InChI=1S/C33H32ClFN6O5/c1-33(24-8-7-21(34)15-25(24)35)44-27-6-2-5-23(29(27)45-33)19-9-11-40(12-10-19)18-28-37-26-14-20(30-38-32(42)46-39-30)16-36-31(26)41(28)17-22-4-3-13-43-22/h2,5-8,14-16,19,22H,3-4,9-13,17-18H2,1H3,(H,38,39,42)/t22-,33?/m0/s1. The lowest BCUT2D eigenvalue weighted by atomic mass is 9.88. The molecule has 0 amide bonds. The number of pyridine rings is 1. The van der Waals surface area contributed by atoms with Crippen LogP contribution in [0.3, 0.4) is 0 Å². The molecule has 3 aliphatic rings. The van der Waals surface area contributed by atoms with E-state index in [1.54, 1.807) is 25.3 Å². The van der Waals surface area contributed by atoms with Crippen molar-refractivity contribution in [1.29, 1.82) is 0 Å². The Hall–Kier alpha value is -4.26. The van der Waals surface area contributed by atoms with Crippen LogP contribution < -0.4 is 15.2 Å². The summed E-state index contributed by atoms with van der Waals surface area (Å²) in [7, 11) is 0. The Labute approximate surface area is 268 Å². The molecule has 238 valence electrons. The molecule has 6 heterocycles. The van der Waals surface area contributed by atoms with Crippen molar-refractivity contribution < 1.29 is 23.1 Å². The minimum Gasteiger partial charge on any atom is -0.444 e. The molecule has 2 saturated heterocycles. The number of H-pyrrole nitrogens is 1. The normalized spacial score (nSPS) is 21.8. The van der Waals surface area contributed by atoms with Gasteiger partial charge in [-0.15, -0.1) is 0 Å². The highest BCUT2D eigenvalue weighted by molar-refractivity contribution is 6.30. The van der Waals surface area contributed by atoms with Crippen molar-refractivity contribution in [2.75, 3.05) is 19.7 Å². The van der Waals surface area contributed by atoms with Gasteiger partial charge in [0.25, 0.3) is 5.79 Å². The van der Waals surface area contributed by atoms with E-state index < -0.39 is 17.4 Å². The molecule has 0 saturated carbocycles. The summed E-state index contributed by atoms with van der Waals surface area (Å²) in [5.74, 6) is 0.402. The second-order valence-electron chi connectivity index (χ2n) is 12.3. The van der Waals surface area contributed by atoms with Crippen molar-refractivity contribution in [1.82, 2.24) is 29.6 Å². The van der Waals surface area contributed by atoms with Gasteiger partial charge in [-0.3, -0.25) is 14.4 Å². The Kier molecular flexibility index (Phi) is 7.30.